The van der Waals surface area contributed by atoms with Gasteiger partial charge in [0.15, 0.2) is 0 Å². The molecule has 3 nitrogen and oxygen atoms in total. The molecule has 0 aliphatic rings. The van der Waals surface area contributed by atoms with Crippen LogP contribution in [-0.2, 0) is 19.9 Å². The van der Waals surface area contributed by atoms with Crippen LogP contribution in [0.5, 0.6) is 0 Å². The lowest BCUT2D eigenvalue weighted by molar-refractivity contribution is 0.520. The van der Waals surface area contributed by atoms with Crippen molar-refractivity contribution in [2.24, 2.45) is 7.05 Å². The maximum absolute atomic E-state index is 4.21. The molecule has 1 heterocycles. The molecule has 0 aliphatic heterocycles. The Hall–Kier alpha value is -1.61. The van der Waals surface area contributed by atoms with E-state index in [4.69, 9.17) is 0 Å². The van der Waals surface area contributed by atoms with Gasteiger partial charge in [-0.3, -0.25) is 4.68 Å². The summed E-state index contributed by atoms with van der Waals surface area (Å²) in [6.45, 7) is 2.13. The van der Waals surface area contributed by atoms with Crippen molar-refractivity contribution < 1.29 is 0 Å². The first-order valence-electron chi connectivity index (χ1n) is 6.87. The van der Waals surface area contributed by atoms with Crippen molar-refractivity contribution in [3.8, 4) is 0 Å². The molecule has 102 valence electrons. The number of nitrogens with zero attached hydrogens (tertiary/aromatic N) is 2. The van der Waals surface area contributed by atoms with Crippen LogP contribution >= 0.6 is 0 Å². The van der Waals surface area contributed by atoms with Crippen LogP contribution in [0.25, 0.3) is 0 Å². The molecule has 1 aromatic carbocycles. The lowest BCUT2D eigenvalue weighted by Gasteiger charge is -2.16. The maximum atomic E-state index is 4.21. The molecule has 0 fully saturated rings. The van der Waals surface area contributed by atoms with Gasteiger partial charge in [0.2, 0.25) is 0 Å². The van der Waals surface area contributed by atoms with Crippen LogP contribution in [0.15, 0.2) is 36.7 Å². The third-order valence-corrected chi connectivity index (χ3v) is 3.55. The normalized spacial score (nSPS) is 12.6. The zero-order valence-corrected chi connectivity index (χ0v) is 12.1. The Labute approximate surface area is 115 Å². The molecule has 0 radical (unpaired) electrons. The number of benzene rings is 1. The fraction of sp³-hybridized carbons (Fsp3) is 0.438. The zero-order chi connectivity index (χ0) is 13.7. The van der Waals surface area contributed by atoms with Crippen molar-refractivity contribution in [1.82, 2.24) is 15.1 Å². The predicted molar refractivity (Wildman–Crippen MR) is 79.3 cm³/mol. The van der Waals surface area contributed by atoms with Crippen molar-refractivity contribution in [1.29, 1.82) is 0 Å². The lowest BCUT2D eigenvalue weighted by Crippen LogP contribution is -2.28. The van der Waals surface area contributed by atoms with Crippen LogP contribution in [0.1, 0.15) is 23.1 Å². The summed E-state index contributed by atoms with van der Waals surface area (Å²) in [6.07, 6.45) is 7.34. The second-order valence-electron chi connectivity index (χ2n) is 5.24. The van der Waals surface area contributed by atoms with Crippen molar-refractivity contribution >= 4 is 0 Å². The molecule has 2 aromatic rings. The summed E-state index contributed by atoms with van der Waals surface area (Å²) in [6, 6.07) is 9.34. The van der Waals surface area contributed by atoms with Crippen molar-refractivity contribution in [2.75, 3.05) is 7.05 Å². The first-order valence-corrected chi connectivity index (χ1v) is 6.87. The van der Waals surface area contributed by atoms with Gasteiger partial charge >= 0.3 is 0 Å². The fourth-order valence-corrected chi connectivity index (χ4v) is 2.30. The highest BCUT2D eigenvalue weighted by molar-refractivity contribution is 5.22. The molecule has 0 amide bonds. The maximum Gasteiger partial charge on any atom is 0.0521 e. The standard InChI is InChI=1S/C16H23N3/c1-13-4-6-14(7-5-13)10-16(17-2)9-8-15-11-18-19(3)12-15/h4-7,11-12,16-17H,8-10H2,1-3H3. The van der Waals surface area contributed by atoms with Gasteiger partial charge in [-0.15, -0.1) is 0 Å². The van der Waals surface area contributed by atoms with Crippen LogP contribution in [0, 0.1) is 6.92 Å². The van der Waals surface area contributed by atoms with E-state index < -0.39 is 0 Å². The van der Waals surface area contributed by atoms with Gasteiger partial charge in [0.1, 0.15) is 0 Å². The Morgan fingerprint density at radius 3 is 2.53 bits per heavy atom. The number of aromatic nitrogens is 2. The molecule has 19 heavy (non-hydrogen) atoms. The van der Waals surface area contributed by atoms with Gasteiger partial charge < -0.3 is 5.32 Å². The molecule has 0 spiro atoms. The molecule has 0 bridgehead atoms. The summed E-state index contributed by atoms with van der Waals surface area (Å²) >= 11 is 0. The van der Waals surface area contributed by atoms with Crippen molar-refractivity contribution in [3.05, 3.63) is 53.3 Å². The number of rotatable bonds is 6. The molecule has 0 saturated heterocycles. The number of hydrogen-bond donors (Lipinski definition) is 1. The van der Waals surface area contributed by atoms with E-state index in [1.165, 1.54) is 16.7 Å². The quantitative estimate of drug-likeness (QED) is 0.861. The molecule has 1 atom stereocenters. The van der Waals surface area contributed by atoms with Gasteiger partial charge in [-0.2, -0.15) is 5.10 Å². The number of aryl methyl sites for hydroxylation is 3. The Morgan fingerprint density at radius 1 is 1.21 bits per heavy atom. The molecular weight excluding hydrogens is 234 g/mol. The first kappa shape index (κ1) is 13.8. The number of hydrogen-bond acceptors (Lipinski definition) is 2. The highest BCUT2D eigenvalue weighted by Crippen LogP contribution is 2.10. The second kappa shape index (κ2) is 6.53. The summed E-state index contributed by atoms with van der Waals surface area (Å²) in [5.74, 6) is 0. The van der Waals surface area contributed by atoms with Crippen molar-refractivity contribution in [2.45, 2.75) is 32.2 Å². The van der Waals surface area contributed by atoms with Crippen LogP contribution in [0.3, 0.4) is 0 Å². The average molecular weight is 257 g/mol. The SMILES string of the molecule is CNC(CCc1cnn(C)c1)Cc1ccc(C)cc1. The minimum Gasteiger partial charge on any atom is -0.317 e. The minimum atomic E-state index is 0.517. The highest BCUT2D eigenvalue weighted by atomic mass is 15.2. The minimum absolute atomic E-state index is 0.517. The average Bonchev–Trinajstić information content (AvgIpc) is 2.82. The predicted octanol–water partition coefficient (Wildman–Crippen LogP) is 2.49. The third-order valence-electron chi connectivity index (χ3n) is 3.55. The van der Waals surface area contributed by atoms with E-state index in [-0.39, 0.29) is 0 Å². The van der Waals surface area contributed by atoms with Crippen LogP contribution in [-0.4, -0.2) is 22.9 Å². The van der Waals surface area contributed by atoms with Gasteiger partial charge in [0, 0.05) is 19.3 Å². The van der Waals surface area contributed by atoms with E-state index in [2.05, 4.69) is 47.8 Å². The van der Waals surface area contributed by atoms with Gasteiger partial charge in [-0.25, -0.2) is 0 Å². The van der Waals surface area contributed by atoms with E-state index in [9.17, 15) is 0 Å². The Balaban J connectivity index is 1.87. The summed E-state index contributed by atoms with van der Waals surface area (Å²) < 4.78 is 1.86. The van der Waals surface area contributed by atoms with Crippen molar-refractivity contribution in [3.63, 3.8) is 0 Å². The molecule has 1 N–H and O–H groups in total. The van der Waals surface area contributed by atoms with E-state index in [0.29, 0.717) is 6.04 Å². The molecule has 1 unspecified atom stereocenters. The molecular formula is C16H23N3. The third kappa shape index (κ3) is 4.21. The Kier molecular flexibility index (Phi) is 4.74. The van der Waals surface area contributed by atoms with Gasteiger partial charge in [0.05, 0.1) is 6.20 Å². The molecule has 0 saturated carbocycles. The summed E-state index contributed by atoms with van der Waals surface area (Å²) in [5, 5.41) is 7.63. The lowest BCUT2D eigenvalue weighted by atomic mass is 9.99. The first-order chi connectivity index (χ1) is 9.17. The van der Waals surface area contributed by atoms with Gasteiger partial charge in [-0.1, -0.05) is 29.8 Å². The van der Waals surface area contributed by atoms with E-state index in [1.807, 2.05) is 25.0 Å². The topological polar surface area (TPSA) is 29.9 Å². The molecule has 2 rings (SSSR count). The van der Waals surface area contributed by atoms with E-state index in [0.717, 1.165) is 19.3 Å². The smallest absolute Gasteiger partial charge is 0.0521 e. The number of nitrogens with one attached hydrogen (secondary N) is 1. The van der Waals surface area contributed by atoms with Crippen LogP contribution in [0.4, 0.5) is 0 Å². The summed E-state index contributed by atoms with van der Waals surface area (Å²) in [7, 11) is 4.01. The summed E-state index contributed by atoms with van der Waals surface area (Å²) in [5.41, 5.74) is 4.03. The monoisotopic (exact) mass is 257 g/mol. The molecule has 0 aliphatic carbocycles. The van der Waals surface area contributed by atoms with Crippen LogP contribution in [0.2, 0.25) is 0 Å². The van der Waals surface area contributed by atoms with Crippen LogP contribution < -0.4 is 5.32 Å². The largest absolute Gasteiger partial charge is 0.317 e. The molecule has 1 aromatic heterocycles. The number of likely N-dealkylation sites (N-methyl/N-ethyl adjacent to an activating group) is 1. The van der Waals surface area contributed by atoms with E-state index in [1.54, 1.807) is 0 Å². The summed E-state index contributed by atoms with van der Waals surface area (Å²) in [4.78, 5) is 0. The molecule has 3 heteroatoms. The fourth-order valence-electron chi connectivity index (χ4n) is 2.30. The van der Waals surface area contributed by atoms with Gasteiger partial charge in [0.25, 0.3) is 0 Å². The Morgan fingerprint density at radius 2 is 1.95 bits per heavy atom. The van der Waals surface area contributed by atoms with Gasteiger partial charge in [-0.05, 0) is 44.4 Å². The highest BCUT2D eigenvalue weighted by Gasteiger charge is 2.08. The zero-order valence-electron chi connectivity index (χ0n) is 12.1. The van der Waals surface area contributed by atoms with E-state index >= 15 is 0 Å². The second-order valence-corrected chi connectivity index (χ2v) is 5.24. The Bertz CT molecular complexity index is 499.